The summed E-state index contributed by atoms with van der Waals surface area (Å²) in [6.45, 7) is 6.91. The van der Waals surface area contributed by atoms with Gasteiger partial charge in [-0.15, -0.1) is 0 Å². The van der Waals surface area contributed by atoms with E-state index in [9.17, 15) is 0 Å². The Morgan fingerprint density at radius 3 is 2.84 bits per heavy atom. The van der Waals surface area contributed by atoms with Crippen LogP contribution in [0.5, 0.6) is 0 Å². The Bertz CT molecular complexity index is 435. The highest BCUT2D eigenvalue weighted by Gasteiger charge is 2.38. The smallest absolute Gasteiger partial charge is 0.171 e. The lowest BCUT2D eigenvalue weighted by molar-refractivity contribution is -0.0273. The zero-order valence-electron chi connectivity index (χ0n) is 11.7. The van der Waals surface area contributed by atoms with Gasteiger partial charge >= 0.3 is 0 Å². The first-order valence-corrected chi connectivity index (χ1v) is 7.23. The first kappa shape index (κ1) is 12.7. The molecular weight excluding hydrogens is 240 g/mol. The number of nitrogens with zero attached hydrogens (tertiary/aromatic N) is 3. The Morgan fingerprint density at radius 1 is 1.32 bits per heavy atom. The molecule has 1 aliphatic carbocycles. The fourth-order valence-corrected chi connectivity index (χ4v) is 2.74. The third kappa shape index (κ3) is 2.81. The standard InChI is InChI=1S/C14H22N4O/c1-3-15-13-14(17-7-6-16-13)18-8-10(2)19-12(9-18)11-4-5-11/h6-7,10-12H,3-5,8-9H2,1-2H3,(H,15,16)/t10-,12-/m1/s1. The van der Waals surface area contributed by atoms with E-state index in [1.165, 1.54) is 12.8 Å². The summed E-state index contributed by atoms with van der Waals surface area (Å²) in [6, 6.07) is 0. The molecule has 2 fully saturated rings. The van der Waals surface area contributed by atoms with Crippen molar-refractivity contribution in [3.05, 3.63) is 12.4 Å². The molecule has 0 radical (unpaired) electrons. The molecule has 1 aromatic heterocycles. The number of rotatable bonds is 4. The quantitative estimate of drug-likeness (QED) is 0.898. The van der Waals surface area contributed by atoms with Gasteiger partial charge in [-0.1, -0.05) is 0 Å². The maximum absolute atomic E-state index is 6.05. The predicted octanol–water partition coefficient (Wildman–Crippen LogP) is 1.91. The van der Waals surface area contributed by atoms with Gasteiger partial charge in [-0.25, -0.2) is 9.97 Å². The summed E-state index contributed by atoms with van der Waals surface area (Å²) in [7, 11) is 0. The monoisotopic (exact) mass is 262 g/mol. The normalized spacial score (nSPS) is 27.4. The average Bonchev–Trinajstić information content (AvgIpc) is 3.23. The van der Waals surface area contributed by atoms with Crippen molar-refractivity contribution >= 4 is 11.6 Å². The van der Waals surface area contributed by atoms with E-state index in [1.54, 1.807) is 12.4 Å². The summed E-state index contributed by atoms with van der Waals surface area (Å²) in [6.07, 6.45) is 6.75. The van der Waals surface area contributed by atoms with Crippen LogP contribution < -0.4 is 10.2 Å². The van der Waals surface area contributed by atoms with Crippen LogP contribution in [-0.4, -0.2) is 41.8 Å². The molecule has 0 bridgehead atoms. The van der Waals surface area contributed by atoms with E-state index in [-0.39, 0.29) is 6.10 Å². The lowest BCUT2D eigenvalue weighted by atomic mass is 10.1. The van der Waals surface area contributed by atoms with Crippen LogP contribution in [0.4, 0.5) is 11.6 Å². The second-order valence-corrected chi connectivity index (χ2v) is 5.49. The molecule has 0 unspecified atom stereocenters. The van der Waals surface area contributed by atoms with E-state index in [0.717, 1.165) is 37.2 Å². The van der Waals surface area contributed by atoms with Crippen molar-refractivity contribution in [2.24, 2.45) is 5.92 Å². The van der Waals surface area contributed by atoms with Gasteiger partial charge in [0, 0.05) is 32.0 Å². The molecule has 2 aliphatic rings. The minimum atomic E-state index is 0.260. The summed E-state index contributed by atoms with van der Waals surface area (Å²) in [5.41, 5.74) is 0. The number of nitrogens with one attached hydrogen (secondary N) is 1. The molecule has 104 valence electrons. The van der Waals surface area contributed by atoms with Crippen molar-refractivity contribution in [3.8, 4) is 0 Å². The third-order valence-electron chi connectivity index (χ3n) is 3.76. The summed E-state index contributed by atoms with van der Waals surface area (Å²) in [5, 5.41) is 3.29. The molecule has 0 spiro atoms. The van der Waals surface area contributed by atoms with Crippen LogP contribution in [0.1, 0.15) is 26.7 Å². The van der Waals surface area contributed by atoms with Gasteiger partial charge in [0.2, 0.25) is 0 Å². The number of anilines is 2. The van der Waals surface area contributed by atoms with Crippen LogP contribution in [0.2, 0.25) is 0 Å². The maximum atomic E-state index is 6.05. The molecule has 1 saturated heterocycles. The Morgan fingerprint density at radius 2 is 2.11 bits per heavy atom. The van der Waals surface area contributed by atoms with E-state index < -0.39 is 0 Å². The van der Waals surface area contributed by atoms with Crippen LogP contribution in [0, 0.1) is 5.92 Å². The molecule has 0 amide bonds. The van der Waals surface area contributed by atoms with E-state index in [0.29, 0.717) is 6.10 Å². The largest absolute Gasteiger partial charge is 0.371 e. The number of hydrogen-bond acceptors (Lipinski definition) is 5. The van der Waals surface area contributed by atoms with Gasteiger partial charge in [-0.05, 0) is 32.6 Å². The third-order valence-corrected chi connectivity index (χ3v) is 3.76. The summed E-state index contributed by atoms with van der Waals surface area (Å²) < 4.78 is 6.05. The Balaban J connectivity index is 1.79. The van der Waals surface area contributed by atoms with Crippen LogP contribution in [-0.2, 0) is 4.74 Å². The minimum absolute atomic E-state index is 0.260. The number of ether oxygens (including phenoxy) is 1. The van der Waals surface area contributed by atoms with E-state index in [4.69, 9.17) is 4.74 Å². The second-order valence-electron chi connectivity index (χ2n) is 5.49. The Hall–Kier alpha value is -1.36. The molecule has 5 heteroatoms. The minimum Gasteiger partial charge on any atom is -0.371 e. The first-order valence-electron chi connectivity index (χ1n) is 7.23. The molecule has 3 rings (SSSR count). The van der Waals surface area contributed by atoms with Gasteiger partial charge in [0.1, 0.15) is 0 Å². The topological polar surface area (TPSA) is 50.3 Å². The van der Waals surface area contributed by atoms with Crippen molar-refractivity contribution in [2.75, 3.05) is 29.9 Å². The molecule has 5 nitrogen and oxygen atoms in total. The molecule has 1 N–H and O–H groups in total. The van der Waals surface area contributed by atoms with Crippen molar-refractivity contribution in [3.63, 3.8) is 0 Å². The SMILES string of the molecule is CCNc1nccnc1N1C[C@@H](C)O[C@@H](C2CC2)C1. The predicted molar refractivity (Wildman–Crippen MR) is 75.5 cm³/mol. The van der Waals surface area contributed by atoms with E-state index in [1.807, 2.05) is 0 Å². The van der Waals surface area contributed by atoms with Gasteiger partial charge in [0.15, 0.2) is 11.6 Å². The summed E-state index contributed by atoms with van der Waals surface area (Å²) in [4.78, 5) is 11.2. The fourth-order valence-electron chi connectivity index (χ4n) is 2.74. The van der Waals surface area contributed by atoms with Crippen molar-refractivity contribution in [1.82, 2.24) is 9.97 Å². The Labute approximate surface area is 114 Å². The summed E-state index contributed by atoms with van der Waals surface area (Å²) >= 11 is 0. The number of morpholine rings is 1. The van der Waals surface area contributed by atoms with Gasteiger partial charge < -0.3 is 15.0 Å². The van der Waals surface area contributed by atoms with Crippen LogP contribution in [0.25, 0.3) is 0 Å². The zero-order chi connectivity index (χ0) is 13.2. The van der Waals surface area contributed by atoms with Crippen molar-refractivity contribution in [2.45, 2.75) is 38.9 Å². The first-order chi connectivity index (χ1) is 9.28. The highest BCUT2D eigenvalue weighted by atomic mass is 16.5. The fraction of sp³-hybridized carbons (Fsp3) is 0.714. The molecule has 19 heavy (non-hydrogen) atoms. The molecule has 1 aliphatic heterocycles. The van der Waals surface area contributed by atoms with Crippen molar-refractivity contribution in [1.29, 1.82) is 0 Å². The average molecular weight is 262 g/mol. The van der Waals surface area contributed by atoms with Crippen LogP contribution >= 0.6 is 0 Å². The van der Waals surface area contributed by atoms with E-state index >= 15 is 0 Å². The molecule has 1 aromatic rings. The van der Waals surface area contributed by atoms with Gasteiger partial charge in [0.05, 0.1) is 12.2 Å². The van der Waals surface area contributed by atoms with Gasteiger partial charge in [0.25, 0.3) is 0 Å². The highest BCUT2D eigenvalue weighted by Crippen LogP contribution is 2.37. The highest BCUT2D eigenvalue weighted by molar-refractivity contribution is 5.60. The molecule has 2 heterocycles. The summed E-state index contributed by atoms with van der Waals surface area (Å²) in [5.74, 6) is 2.60. The van der Waals surface area contributed by atoms with Crippen LogP contribution in [0.15, 0.2) is 12.4 Å². The lowest BCUT2D eigenvalue weighted by Crippen LogP contribution is -2.48. The number of aromatic nitrogens is 2. The van der Waals surface area contributed by atoms with E-state index in [2.05, 4.69) is 34.0 Å². The zero-order valence-corrected chi connectivity index (χ0v) is 11.7. The second kappa shape index (κ2) is 5.33. The maximum Gasteiger partial charge on any atom is 0.171 e. The molecule has 0 aromatic carbocycles. The lowest BCUT2D eigenvalue weighted by Gasteiger charge is -2.38. The Kier molecular flexibility index (Phi) is 3.55. The molecule has 2 atom stereocenters. The molecule has 1 saturated carbocycles. The van der Waals surface area contributed by atoms with Gasteiger partial charge in [-0.3, -0.25) is 0 Å². The van der Waals surface area contributed by atoms with Gasteiger partial charge in [-0.2, -0.15) is 0 Å². The number of hydrogen-bond donors (Lipinski definition) is 1. The molecular formula is C14H22N4O. The van der Waals surface area contributed by atoms with Crippen LogP contribution in [0.3, 0.4) is 0 Å². The van der Waals surface area contributed by atoms with Crippen molar-refractivity contribution < 1.29 is 4.74 Å².